The molecule has 0 aliphatic carbocycles. The summed E-state index contributed by atoms with van der Waals surface area (Å²) in [6.45, 7) is 3.34. The van der Waals surface area contributed by atoms with Gasteiger partial charge < -0.3 is 15.1 Å². The molecule has 4 rings (SSSR count). The van der Waals surface area contributed by atoms with Crippen LogP contribution in [0.25, 0.3) is 0 Å². The lowest BCUT2D eigenvalue weighted by Gasteiger charge is -2.35. The molecule has 0 bridgehead atoms. The van der Waals surface area contributed by atoms with Crippen LogP contribution in [-0.2, 0) is 0 Å². The van der Waals surface area contributed by atoms with Gasteiger partial charge in [-0.3, -0.25) is 4.79 Å². The largest absolute Gasteiger partial charge is 0.353 e. The number of nitrogens with zero attached hydrogens (tertiary/aromatic N) is 5. The maximum Gasteiger partial charge on any atom is 0.255 e. The number of aromatic nitrogens is 3. The van der Waals surface area contributed by atoms with Crippen LogP contribution in [0.3, 0.4) is 0 Å². The highest BCUT2D eigenvalue weighted by molar-refractivity contribution is 6.30. The van der Waals surface area contributed by atoms with Gasteiger partial charge in [-0.2, -0.15) is 0 Å². The number of hydrogen-bond acceptors (Lipinski definition) is 6. The van der Waals surface area contributed by atoms with Gasteiger partial charge in [-0.1, -0.05) is 11.6 Å². The molecule has 1 aromatic carbocycles. The molecule has 28 heavy (non-hydrogen) atoms. The van der Waals surface area contributed by atoms with Gasteiger partial charge in [0.2, 0.25) is 5.95 Å². The van der Waals surface area contributed by atoms with Crippen molar-refractivity contribution in [1.29, 1.82) is 0 Å². The molecule has 8 heteroatoms. The molecule has 7 nitrogen and oxygen atoms in total. The van der Waals surface area contributed by atoms with Gasteiger partial charge in [0.15, 0.2) is 0 Å². The van der Waals surface area contributed by atoms with Crippen molar-refractivity contribution in [2.24, 2.45) is 0 Å². The Labute approximate surface area is 168 Å². The van der Waals surface area contributed by atoms with Crippen molar-refractivity contribution in [2.45, 2.75) is 0 Å². The minimum Gasteiger partial charge on any atom is -0.353 e. The third kappa shape index (κ3) is 4.20. The van der Waals surface area contributed by atoms with Crippen LogP contribution in [0.1, 0.15) is 10.4 Å². The predicted octanol–water partition coefficient (Wildman–Crippen LogP) is 3.10. The van der Waals surface area contributed by atoms with Crippen molar-refractivity contribution in [2.75, 3.05) is 41.3 Å². The lowest BCUT2D eigenvalue weighted by atomic mass is 10.2. The van der Waals surface area contributed by atoms with E-state index in [9.17, 15) is 4.79 Å². The number of carbonyl (C=O) groups is 1. The van der Waals surface area contributed by atoms with E-state index in [4.69, 9.17) is 11.6 Å². The molecule has 0 unspecified atom stereocenters. The first kappa shape index (κ1) is 18.2. The van der Waals surface area contributed by atoms with Gasteiger partial charge in [0.1, 0.15) is 5.82 Å². The molecule has 1 N–H and O–H groups in total. The Balaban J connectivity index is 1.35. The van der Waals surface area contributed by atoms with Crippen LogP contribution in [0.5, 0.6) is 0 Å². The summed E-state index contributed by atoms with van der Waals surface area (Å²) in [5, 5.41) is 3.45. The average molecular weight is 395 g/mol. The second kappa shape index (κ2) is 8.22. The zero-order valence-corrected chi connectivity index (χ0v) is 15.9. The lowest BCUT2D eigenvalue weighted by molar-refractivity contribution is 0.102. The summed E-state index contributed by atoms with van der Waals surface area (Å²) in [4.78, 5) is 29.8. The smallest absolute Gasteiger partial charge is 0.255 e. The molecule has 142 valence electrons. The minimum absolute atomic E-state index is 0.192. The number of amides is 1. The molecule has 0 radical (unpaired) electrons. The number of anilines is 3. The maximum atomic E-state index is 12.3. The molecule has 0 saturated carbocycles. The van der Waals surface area contributed by atoms with Gasteiger partial charge in [0.05, 0.1) is 11.9 Å². The molecule has 3 aromatic rings. The van der Waals surface area contributed by atoms with E-state index in [-0.39, 0.29) is 5.91 Å². The fourth-order valence-electron chi connectivity index (χ4n) is 3.04. The highest BCUT2D eigenvalue weighted by Gasteiger charge is 2.19. The van der Waals surface area contributed by atoms with E-state index in [1.807, 2.05) is 18.2 Å². The van der Waals surface area contributed by atoms with Crippen LogP contribution < -0.4 is 15.1 Å². The first-order valence-electron chi connectivity index (χ1n) is 8.99. The zero-order valence-electron chi connectivity index (χ0n) is 15.1. The van der Waals surface area contributed by atoms with Crippen molar-refractivity contribution < 1.29 is 4.79 Å². The van der Waals surface area contributed by atoms with Crippen LogP contribution in [0.4, 0.5) is 17.5 Å². The zero-order chi connectivity index (χ0) is 19.3. The van der Waals surface area contributed by atoms with Crippen LogP contribution in [0.15, 0.2) is 61.1 Å². The molecular formula is C20H19ClN6O. The Hall–Kier alpha value is -3.19. The minimum atomic E-state index is -0.192. The van der Waals surface area contributed by atoms with E-state index in [0.29, 0.717) is 16.3 Å². The number of pyridine rings is 1. The summed E-state index contributed by atoms with van der Waals surface area (Å²) in [6.07, 6.45) is 5.19. The monoisotopic (exact) mass is 394 g/mol. The Kier molecular flexibility index (Phi) is 5.34. The topological polar surface area (TPSA) is 74.2 Å². The first-order chi connectivity index (χ1) is 13.7. The molecule has 0 spiro atoms. The summed E-state index contributed by atoms with van der Waals surface area (Å²) in [7, 11) is 0. The second-order valence-electron chi connectivity index (χ2n) is 6.39. The number of benzene rings is 1. The number of rotatable bonds is 4. The molecule has 1 fully saturated rings. The quantitative estimate of drug-likeness (QED) is 0.733. The molecule has 1 amide bonds. The Morgan fingerprint density at radius 2 is 1.57 bits per heavy atom. The first-order valence-corrected chi connectivity index (χ1v) is 9.37. The van der Waals surface area contributed by atoms with Gasteiger partial charge >= 0.3 is 0 Å². The molecule has 3 heterocycles. The van der Waals surface area contributed by atoms with E-state index in [0.717, 1.165) is 37.9 Å². The third-order valence-corrected chi connectivity index (χ3v) is 4.80. The normalized spacial score (nSPS) is 14.0. The number of nitrogens with one attached hydrogen (secondary N) is 1. The molecule has 1 saturated heterocycles. The van der Waals surface area contributed by atoms with E-state index in [2.05, 4.69) is 30.1 Å². The number of carbonyl (C=O) groups excluding carboxylic acids is 1. The molecule has 1 aliphatic heterocycles. The van der Waals surface area contributed by atoms with Gasteiger partial charge in [-0.05, 0) is 42.5 Å². The number of piperazine rings is 1. The van der Waals surface area contributed by atoms with E-state index in [1.165, 1.54) is 0 Å². The van der Waals surface area contributed by atoms with Crippen LogP contribution >= 0.6 is 11.6 Å². The number of halogens is 1. The van der Waals surface area contributed by atoms with Gasteiger partial charge in [-0.25, -0.2) is 15.0 Å². The molecule has 0 atom stereocenters. The summed E-state index contributed by atoms with van der Waals surface area (Å²) < 4.78 is 0. The van der Waals surface area contributed by atoms with Crippen molar-refractivity contribution in [3.05, 3.63) is 71.6 Å². The summed E-state index contributed by atoms with van der Waals surface area (Å²) in [5.41, 5.74) is 1.20. The Morgan fingerprint density at radius 3 is 2.21 bits per heavy atom. The fourth-order valence-corrected chi connectivity index (χ4v) is 3.17. The summed E-state index contributed by atoms with van der Waals surface area (Å²) in [6, 6.07) is 12.4. The van der Waals surface area contributed by atoms with Crippen molar-refractivity contribution in [3.63, 3.8) is 0 Å². The van der Waals surface area contributed by atoms with Crippen molar-refractivity contribution in [1.82, 2.24) is 15.0 Å². The molecule has 1 aliphatic rings. The second-order valence-corrected chi connectivity index (χ2v) is 6.83. The van der Waals surface area contributed by atoms with Gasteiger partial charge in [0.25, 0.3) is 5.91 Å². The summed E-state index contributed by atoms with van der Waals surface area (Å²) in [5.74, 6) is 1.45. The van der Waals surface area contributed by atoms with E-state index >= 15 is 0 Å². The van der Waals surface area contributed by atoms with Crippen LogP contribution in [-0.4, -0.2) is 47.0 Å². The average Bonchev–Trinajstić information content (AvgIpc) is 2.75. The van der Waals surface area contributed by atoms with Crippen LogP contribution in [0, 0.1) is 0 Å². The Bertz CT molecular complexity index is 925. The maximum absolute atomic E-state index is 12.3. The van der Waals surface area contributed by atoms with Gasteiger partial charge in [0, 0.05) is 49.2 Å². The molecule has 2 aromatic heterocycles. The lowest BCUT2D eigenvalue weighted by Crippen LogP contribution is -2.47. The SMILES string of the molecule is O=C(Nc1ccc(N2CCN(c3ncccn3)CC2)nc1)c1ccc(Cl)cc1. The van der Waals surface area contributed by atoms with E-state index < -0.39 is 0 Å². The third-order valence-electron chi connectivity index (χ3n) is 4.55. The standard InChI is InChI=1S/C20H19ClN6O/c21-16-4-2-15(3-5-16)19(28)25-17-6-7-18(24-14-17)26-10-12-27(13-11-26)20-22-8-1-9-23-20/h1-9,14H,10-13H2,(H,25,28). The summed E-state index contributed by atoms with van der Waals surface area (Å²) >= 11 is 5.86. The van der Waals surface area contributed by atoms with Crippen LogP contribution in [0.2, 0.25) is 5.02 Å². The van der Waals surface area contributed by atoms with Crippen molar-refractivity contribution >= 4 is 35.0 Å². The highest BCUT2D eigenvalue weighted by Crippen LogP contribution is 2.18. The Morgan fingerprint density at radius 1 is 0.893 bits per heavy atom. The van der Waals surface area contributed by atoms with Crippen molar-refractivity contribution in [3.8, 4) is 0 Å². The molecular weight excluding hydrogens is 376 g/mol. The predicted molar refractivity (Wildman–Crippen MR) is 110 cm³/mol. The number of hydrogen-bond donors (Lipinski definition) is 1. The highest BCUT2D eigenvalue weighted by atomic mass is 35.5. The van der Waals surface area contributed by atoms with Gasteiger partial charge in [-0.15, -0.1) is 0 Å². The van der Waals surface area contributed by atoms with E-state index in [1.54, 1.807) is 42.9 Å². The fraction of sp³-hybridized carbons (Fsp3) is 0.200.